The van der Waals surface area contributed by atoms with Gasteiger partial charge < -0.3 is 4.90 Å². The summed E-state index contributed by atoms with van der Waals surface area (Å²) in [6.45, 7) is 3.70. The summed E-state index contributed by atoms with van der Waals surface area (Å²) in [5, 5.41) is 2.90. The first kappa shape index (κ1) is 12.3. The van der Waals surface area contributed by atoms with Gasteiger partial charge in [-0.15, -0.1) is 0 Å². The van der Waals surface area contributed by atoms with E-state index in [-0.39, 0.29) is 31.1 Å². The molecular weight excluding hydrogens is 209 g/mol. The summed E-state index contributed by atoms with van der Waals surface area (Å²) in [6, 6.07) is -0.335. The van der Waals surface area contributed by atoms with Crippen LogP contribution < -0.4 is 5.32 Å². The number of carbonyl (C=O) groups is 1. The third-order valence-electron chi connectivity index (χ3n) is 2.41. The van der Waals surface area contributed by atoms with Gasteiger partial charge in [-0.3, -0.25) is 10.1 Å². The minimum absolute atomic E-state index is 0.105. The van der Waals surface area contributed by atoms with Crippen LogP contribution in [0, 0.1) is 5.92 Å². The molecule has 1 aliphatic heterocycles. The fourth-order valence-corrected chi connectivity index (χ4v) is 1.54. The number of amides is 1. The second kappa shape index (κ2) is 4.38. The van der Waals surface area contributed by atoms with Gasteiger partial charge in [-0.25, -0.2) is 0 Å². The SMILES string of the molecule is CC(C)C1NCN(CCC(F)(F)F)C1=O. The Balaban J connectivity index is 2.43. The average molecular weight is 224 g/mol. The second-order valence-corrected chi connectivity index (χ2v) is 4.05. The van der Waals surface area contributed by atoms with Crippen molar-refractivity contribution in [2.75, 3.05) is 13.2 Å². The quantitative estimate of drug-likeness (QED) is 0.784. The zero-order valence-corrected chi connectivity index (χ0v) is 8.77. The number of carbonyl (C=O) groups excluding carboxylic acids is 1. The van der Waals surface area contributed by atoms with Crippen molar-refractivity contribution in [3.05, 3.63) is 0 Å². The molecule has 3 nitrogen and oxygen atoms in total. The fourth-order valence-electron chi connectivity index (χ4n) is 1.54. The highest BCUT2D eigenvalue weighted by Crippen LogP contribution is 2.21. The lowest BCUT2D eigenvalue weighted by Crippen LogP contribution is -2.35. The molecule has 1 aliphatic rings. The largest absolute Gasteiger partial charge is 0.390 e. The lowest BCUT2D eigenvalue weighted by molar-refractivity contribution is -0.143. The highest BCUT2D eigenvalue weighted by atomic mass is 19.4. The van der Waals surface area contributed by atoms with Gasteiger partial charge in [0.15, 0.2) is 0 Å². The van der Waals surface area contributed by atoms with Gasteiger partial charge in [0.2, 0.25) is 5.91 Å². The molecule has 6 heteroatoms. The highest BCUT2D eigenvalue weighted by molar-refractivity contribution is 5.83. The molecule has 1 rings (SSSR count). The van der Waals surface area contributed by atoms with Crippen LogP contribution in [0.5, 0.6) is 0 Å². The Labute approximate surface area is 86.6 Å². The van der Waals surface area contributed by atoms with Crippen molar-refractivity contribution in [2.24, 2.45) is 5.92 Å². The molecule has 0 spiro atoms. The number of halogens is 3. The van der Waals surface area contributed by atoms with Gasteiger partial charge in [-0.05, 0) is 5.92 Å². The lowest BCUT2D eigenvalue weighted by atomic mass is 10.1. The number of nitrogens with zero attached hydrogens (tertiary/aromatic N) is 1. The molecule has 1 N–H and O–H groups in total. The van der Waals surface area contributed by atoms with Gasteiger partial charge in [-0.2, -0.15) is 13.2 Å². The summed E-state index contributed by atoms with van der Waals surface area (Å²) < 4.78 is 35.8. The van der Waals surface area contributed by atoms with Gasteiger partial charge in [0.25, 0.3) is 0 Å². The molecule has 1 heterocycles. The molecule has 0 aromatic carbocycles. The lowest BCUT2D eigenvalue weighted by Gasteiger charge is -2.17. The summed E-state index contributed by atoms with van der Waals surface area (Å²) in [6.07, 6.45) is -5.14. The van der Waals surface area contributed by atoms with Crippen LogP contribution in [-0.4, -0.2) is 36.2 Å². The third kappa shape index (κ3) is 3.37. The van der Waals surface area contributed by atoms with E-state index in [1.54, 1.807) is 0 Å². The molecule has 88 valence electrons. The van der Waals surface area contributed by atoms with Crippen LogP contribution in [0.3, 0.4) is 0 Å². The molecule has 15 heavy (non-hydrogen) atoms. The van der Waals surface area contributed by atoms with E-state index in [1.807, 2.05) is 13.8 Å². The van der Waals surface area contributed by atoms with E-state index in [2.05, 4.69) is 5.32 Å². The maximum absolute atomic E-state index is 11.9. The van der Waals surface area contributed by atoms with Crippen LogP contribution in [-0.2, 0) is 4.79 Å². The molecule has 0 bridgehead atoms. The Hall–Kier alpha value is -0.780. The van der Waals surface area contributed by atoms with Gasteiger partial charge >= 0.3 is 6.18 Å². The molecule has 1 atom stereocenters. The predicted octanol–water partition coefficient (Wildman–Crippen LogP) is 1.35. The Morgan fingerprint density at radius 2 is 2.13 bits per heavy atom. The first-order valence-corrected chi connectivity index (χ1v) is 4.90. The van der Waals surface area contributed by atoms with E-state index < -0.39 is 12.6 Å². The minimum atomic E-state index is -4.20. The first-order valence-electron chi connectivity index (χ1n) is 4.90. The Morgan fingerprint density at radius 1 is 1.53 bits per heavy atom. The average Bonchev–Trinajstić information content (AvgIpc) is 2.42. The normalized spacial score (nSPS) is 22.9. The van der Waals surface area contributed by atoms with Crippen LogP contribution >= 0.6 is 0 Å². The first-order chi connectivity index (χ1) is 6.81. The van der Waals surface area contributed by atoms with Crippen LogP contribution in [0.1, 0.15) is 20.3 Å². The summed E-state index contributed by atoms with van der Waals surface area (Å²) in [5.41, 5.74) is 0. The number of rotatable bonds is 3. The van der Waals surface area contributed by atoms with E-state index in [1.165, 1.54) is 4.90 Å². The minimum Gasteiger partial charge on any atom is -0.328 e. The van der Waals surface area contributed by atoms with Crippen LogP contribution in [0.15, 0.2) is 0 Å². The van der Waals surface area contributed by atoms with Crippen LogP contribution in [0.25, 0.3) is 0 Å². The number of nitrogens with one attached hydrogen (secondary N) is 1. The molecule has 1 saturated heterocycles. The van der Waals surface area contributed by atoms with Crippen molar-refractivity contribution >= 4 is 5.91 Å². The Morgan fingerprint density at radius 3 is 2.53 bits per heavy atom. The van der Waals surface area contributed by atoms with Gasteiger partial charge in [0.05, 0.1) is 19.1 Å². The Bertz CT molecular complexity index is 240. The molecular formula is C9H15F3N2O. The van der Waals surface area contributed by atoms with Gasteiger partial charge in [-0.1, -0.05) is 13.8 Å². The summed E-state index contributed by atoms with van der Waals surface area (Å²) in [4.78, 5) is 12.8. The predicted molar refractivity (Wildman–Crippen MR) is 49.0 cm³/mol. The van der Waals surface area contributed by atoms with Crippen molar-refractivity contribution in [3.8, 4) is 0 Å². The van der Waals surface area contributed by atoms with Crippen molar-refractivity contribution in [3.63, 3.8) is 0 Å². The molecule has 0 aromatic heterocycles. The summed E-state index contributed by atoms with van der Waals surface area (Å²) in [5.74, 6) is -0.123. The summed E-state index contributed by atoms with van der Waals surface area (Å²) >= 11 is 0. The molecule has 1 unspecified atom stereocenters. The van der Waals surface area contributed by atoms with E-state index >= 15 is 0 Å². The van der Waals surface area contributed by atoms with E-state index in [0.29, 0.717) is 0 Å². The van der Waals surface area contributed by atoms with Crippen LogP contribution in [0.2, 0.25) is 0 Å². The van der Waals surface area contributed by atoms with Crippen molar-refractivity contribution in [1.82, 2.24) is 10.2 Å². The maximum atomic E-state index is 11.9. The topological polar surface area (TPSA) is 32.3 Å². The van der Waals surface area contributed by atoms with Crippen LogP contribution in [0.4, 0.5) is 13.2 Å². The second-order valence-electron chi connectivity index (χ2n) is 4.05. The van der Waals surface area contributed by atoms with Crippen molar-refractivity contribution < 1.29 is 18.0 Å². The van der Waals surface area contributed by atoms with E-state index in [0.717, 1.165) is 0 Å². The number of hydrogen-bond acceptors (Lipinski definition) is 2. The molecule has 0 aromatic rings. The van der Waals surface area contributed by atoms with E-state index in [9.17, 15) is 18.0 Å². The molecule has 0 saturated carbocycles. The standard InChI is InChI=1S/C9H15F3N2O/c1-6(2)7-8(15)14(5-13-7)4-3-9(10,11)12/h6-7,13H,3-5H2,1-2H3. The van der Waals surface area contributed by atoms with Crippen molar-refractivity contribution in [1.29, 1.82) is 0 Å². The van der Waals surface area contributed by atoms with Crippen molar-refractivity contribution in [2.45, 2.75) is 32.5 Å². The molecule has 1 fully saturated rings. The highest BCUT2D eigenvalue weighted by Gasteiger charge is 2.35. The molecule has 0 aliphatic carbocycles. The summed E-state index contributed by atoms with van der Waals surface area (Å²) in [7, 11) is 0. The molecule has 1 amide bonds. The maximum Gasteiger partial charge on any atom is 0.390 e. The molecule has 0 radical (unpaired) electrons. The Kier molecular flexibility index (Phi) is 3.59. The third-order valence-corrected chi connectivity index (χ3v) is 2.41. The van der Waals surface area contributed by atoms with Gasteiger partial charge in [0.1, 0.15) is 0 Å². The zero-order chi connectivity index (χ0) is 11.6. The fraction of sp³-hybridized carbons (Fsp3) is 0.889. The zero-order valence-electron chi connectivity index (χ0n) is 8.77. The van der Waals surface area contributed by atoms with E-state index in [4.69, 9.17) is 0 Å². The smallest absolute Gasteiger partial charge is 0.328 e. The monoisotopic (exact) mass is 224 g/mol. The number of hydrogen-bond donors (Lipinski definition) is 1. The number of alkyl halides is 3. The van der Waals surface area contributed by atoms with Gasteiger partial charge in [0, 0.05) is 6.54 Å².